The molecule has 0 saturated carbocycles. The molecular formula is C12H17ClN6S. The number of aromatic nitrogens is 4. The number of imidazole rings is 1. The summed E-state index contributed by atoms with van der Waals surface area (Å²) in [6.45, 7) is 5.85. The number of halogens is 1. The number of hydrogen-bond acceptors (Lipinski definition) is 6. The van der Waals surface area contributed by atoms with Gasteiger partial charge in [-0.3, -0.25) is 9.80 Å². The Morgan fingerprint density at radius 1 is 1.20 bits per heavy atom. The molecule has 1 aliphatic rings. The van der Waals surface area contributed by atoms with Crippen LogP contribution in [0, 0.1) is 0 Å². The fourth-order valence-electron chi connectivity index (χ4n) is 2.36. The minimum atomic E-state index is 0.709. The second-order valence-corrected chi connectivity index (χ2v) is 6.36. The number of rotatable bonds is 4. The van der Waals surface area contributed by atoms with E-state index in [0.29, 0.717) is 4.34 Å². The lowest BCUT2D eigenvalue weighted by Gasteiger charge is -2.34. The van der Waals surface area contributed by atoms with E-state index < -0.39 is 0 Å². The van der Waals surface area contributed by atoms with Gasteiger partial charge in [0, 0.05) is 63.7 Å². The Hall–Kier alpha value is -1.02. The van der Waals surface area contributed by atoms with E-state index in [4.69, 9.17) is 11.6 Å². The largest absolute Gasteiger partial charge is 0.337 e. The molecule has 2 aromatic heterocycles. The van der Waals surface area contributed by atoms with Crippen LogP contribution in [0.2, 0.25) is 4.34 Å². The summed E-state index contributed by atoms with van der Waals surface area (Å²) in [7, 11) is 2.04. The van der Waals surface area contributed by atoms with E-state index in [9.17, 15) is 0 Å². The first-order chi connectivity index (χ1) is 9.72. The summed E-state index contributed by atoms with van der Waals surface area (Å²) in [6.07, 6.45) is 3.84. The molecule has 1 aliphatic heterocycles. The molecule has 3 heterocycles. The van der Waals surface area contributed by atoms with Crippen molar-refractivity contribution in [3.63, 3.8) is 0 Å². The Morgan fingerprint density at radius 3 is 2.45 bits per heavy atom. The van der Waals surface area contributed by atoms with Gasteiger partial charge < -0.3 is 4.57 Å². The van der Waals surface area contributed by atoms with E-state index in [1.54, 1.807) is 0 Å². The van der Waals surface area contributed by atoms with Gasteiger partial charge in [-0.1, -0.05) is 16.1 Å². The second-order valence-electron chi connectivity index (χ2n) is 5.00. The summed E-state index contributed by atoms with van der Waals surface area (Å²) in [4.78, 5) is 9.18. The molecule has 1 saturated heterocycles. The van der Waals surface area contributed by atoms with Crippen LogP contribution in [0.3, 0.4) is 0 Å². The van der Waals surface area contributed by atoms with Crippen molar-refractivity contribution < 1.29 is 0 Å². The average molecular weight is 313 g/mol. The standard InChI is InChI=1S/C12H17ClN6S/c1-17-3-2-14-11(17)9-19-6-4-18(5-7-19)8-10-12(13)20-16-15-10/h2-3H,4-9H2,1H3. The van der Waals surface area contributed by atoms with Crippen LogP contribution in [0.5, 0.6) is 0 Å². The molecule has 8 heteroatoms. The van der Waals surface area contributed by atoms with E-state index in [1.807, 2.05) is 19.4 Å². The predicted octanol–water partition coefficient (Wildman–Crippen LogP) is 1.24. The predicted molar refractivity (Wildman–Crippen MR) is 78.7 cm³/mol. The maximum atomic E-state index is 6.05. The first kappa shape index (κ1) is 13.9. The lowest BCUT2D eigenvalue weighted by Crippen LogP contribution is -2.45. The molecule has 0 N–H and O–H groups in total. The summed E-state index contributed by atoms with van der Waals surface area (Å²) in [5.41, 5.74) is 0.897. The van der Waals surface area contributed by atoms with Gasteiger partial charge in [-0.2, -0.15) is 0 Å². The smallest absolute Gasteiger partial charge is 0.138 e. The van der Waals surface area contributed by atoms with Gasteiger partial charge >= 0.3 is 0 Å². The molecule has 0 spiro atoms. The molecule has 0 aliphatic carbocycles. The highest BCUT2D eigenvalue weighted by Gasteiger charge is 2.20. The first-order valence-electron chi connectivity index (χ1n) is 6.60. The van der Waals surface area contributed by atoms with Crippen molar-refractivity contribution in [3.05, 3.63) is 28.2 Å². The van der Waals surface area contributed by atoms with Gasteiger partial charge in [-0.25, -0.2) is 4.98 Å². The van der Waals surface area contributed by atoms with E-state index in [2.05, 4.69) is 28.9 Å². The molecule has 0 bridgehead atoms. The lowest BCUT2D eigenvalue weighted by atomic mass is 10.3. The van der Waals surface area contributed by atoms with Crippen molar-refractivity contribution in [2.24, 2.45) is 7.05 Å². The Morgan fingerprint density at radius 2 is 1.90 bits per heavy atom. The highest BCUT2D eigenvalue weighted by Crippen LogP contribution is 2.19. The zero-order chi connectivity index (χ0) is 13.9. The molecule has 0 aromatic carbocycles. The molecule has 3 rings (SSSR count). The molecule has 0 amide bonds. The number of aryl methyl sites for hydroxylation is 1. The number of piperazine rings is 1. The van der Waals surface area contributed by atoms with Crippen LogP contribution in [0.25, 0.3) is 0 Å². The van der Waals surface area contributed by atoms with E-state index in [0.717, 1.165) is 50.8 Å². The molecule has 6 nitrogen and oxygen atoms in total. The minimum absolute atomic E-state index is 0.709. The summed E-state index contributed by atoms with van der Waals surface area (Å²) in [6, 6.07) is 0. The van der Waals surface area contributed by atoms with Gasteiger partial charge in [0.15, 0.2) is 0 Å². The summed E-state index contributed by atoms with van der Waals surface area (Å²) < 4.78 is 6.66. The Labute approximate surface area is 127 Å². The van der Waals surface area contributed by atoms with Crippen LogP contribution in [0.1, 0.15) is 11.5 Å². The van der Waals surface area contributed by atoms with Crippen LogP contribution >= 0.6 is 23.1 Å². The average Bonchev–Trinajstić information content (AvgIpc) is 3.02. The van der Waals surface area contributed by atoms with Crippen molar-refractivity contribution in [1.29, 1.82) is 0 Å². The third-order valence-electron chi connectivity index (χ3n) is 3.63. The third-order valence-corrected chi connectivity index (χ3v) is 4.62. The molecule has 0 atom stereocenters. The van der Waals surface area contributed by atoms with Crippen LogP contribution in [-0.4, -0.2) is 55.1 Å². The van der Waals surface area contributed by atoms with Crippen molar-refractivity contribution in [2.75, 3.05) is 26.2 Å². The summed E-state index contributed by atoms with van der Waals surface area (Å²) >= 11 is 7.30. The molecule has 108 valence electrons. The zero-order valence-electron chi connectivity index (χ0n) is 11.4. The number of hydrogen-bond donors (Lipinski definition) is 0. The Bertz CT molecular complexity index is 510. The van der Waals surface area contributed by atoms with Crippen LogP contribution in [-0.2, 0) is 20.1 Å². The maximum absolute atomic E-state index is 6.05. The monoisotopic (exact) mass is 312 g/mol. The summed E-state index contributed by atoms with van der Waals surface area (Å²) in [5, 5.41) is 4.07. The fraction of sp³-hybridized carbons (Fsp3) is 0.583. The van der Waals surface area contributed by atoms with E-state index >= 15 is 0 Å². The molecular weight excluding hydrogens is 296 g/mol. The Balaban J connectivity index is 1.50. The molecule has 20 heavy (non-hydrogen) atoms. The fourth-order valence-corrected chi connectivity index (χ4v) is 2.97. The van der Waals surface area contributed by atoms with Crippen LogP contribution < -0.4 is 0 Å². The molecule has 2 aromatic rings. The first-order valence-corrected chi connectivity index (χ1v) is 7.75. The highest BCUT2D eigenvalue weighted by atomic mass is 35.5. The van der Waals surface area contributed by atoms with Crippen LogP contribution in [0.15, 0.2) is 12.4 Å². The van der Waals surface area contributed by atoms with Crippen molar-refractivity contribution in [1.82, 2.24) is 28.9 Å². The normalized spacial score (nSPS) is 17.7. The van der Waals surface area contributed by atoms with Crippen molar-refractivity contribution in [3.8, 4) is 0 Å². The zero-order valence-corrected chi connectivity index (χ0v) is 12.9. The van der Waals surface area contributed by atoms with Gasteiger partial charge in [-0.15, -0.1) is 5.10 Å². The maximum Gasteiger partial charge on any atom is 0.138 e. The van der Waals surface area contributed by atoms with E-state index in [-0.39, 0.29) is 0 Å². The summed E-state index contributed by atoms with van der Waals surface area (Å²) in [5.74, 6) is 1.12. The van der Waals surface area contributed by atoms with E-state index in [1.165, 1.54) is 11.5 Å². The van der Waals surface area contributed by atoms with Crippen LogP contribution in [0.4, 0.5) is 0 Å². The number of nitrogens with zero attached hydrogens (tertiary/aromatic N) is 6. The van der Waals surface area contributed by atoms with Gasteiger partial charge in [0.05, 0.1) is 6.54 Å². The highest BCUT2D eigenvalue weighted by molar-refractivity contribution is 7.10. The van der Waals surface area contributed by atoms with Gasteiger partial charge in [0.1, 0.15) is 15.9 Å². The van der Waals surface area contributed by atoms with Gasteiger partial charge in [-0.05, 0) is 0 Å². The minimum Gasteiger partial charge on any atom is -0.337 e. The van der Waals surface area contributed by atoms with Crippen molar-refractivity contribution >= 4 is 23.1 Å². The molecule has 0 radical (unpaired) electrons. The second kappa shape index (κ2) is 6.17. The molecule has 1 fully saturated rings. The van der Waals surface area contributed by atoms with Gasteiger partial charge in [0.25, 0.3) is 0 Å². The third kappa shape index (κ3) is 3.17. The lowest BCUT2D eigenvalue weighted by molar-refractivity contribution is 0.118. The Kier molecular flexibility index (Phi) is 4.30. The topological polar surface area (TPSA) is 50.1 Å². The molecule has 0 unspecified atom stereocenters. The van der Waals surface area contributed by atoms with Gasteiger partial charge in [0.2, 0.25) is 0 Å². The SMILES string of the molecule is Cn1ccnc1CN1CCN(Cc2nnsc2Cl)CC1. The van der Waals surface area contributed by atoms with Crippen molar-refractivity contribution in [2.45, 2.75) is 13.1 Å². The quantitative estimate of drug-likeness (QED) is 0.850.